The van der Waals surface area contributed by atoms with Crippen molar-refractivity contribution in [2.45, 2.75) is 63.9 Å². The molecule has 0 amide bonds. The van der Waals surface area contributed by atoms with Crippen LogP contribution in [0.4, 0.5) is 0 Å². The zero-order chi connectivity index (χ0) is 12.8. The van der Waals surface area contributed by atoms with Gasteiger partial charge in [-0.1, -0.05) is 13.8 Å². The standard InChI is InChI=1S/C14H21NO2S/c1-10(2)14-5-4-13(3,17-14)12(6-14)16-7-11-8-18-9-15-11/h8-10,12H,4-7H2,1-3H3. The largest absolute Gasteiger partial charge is 0.369 e. The molecule has 3 nitrogen and oxygen atoms in total. The highest BCUT2D eigenvalue weighted by Crippen LogP contribution is 2.55. The Hall–Kier alpha value is -0.450. The molecule has 2 aliphatic heterocycles. The number of rotatable bonds is 4. The van der Waals surface area contributed by atoms with Gasteiger partial charge < -0.3 is 9.47 Å². The summed E-state index contributed by atoms with van der Waals surface area (Å²) in [4.78, 5) is 4.27. The second-order valence-electron chi connectivity index (χ2n) is 6.12. The van der Waals surface area contributed by atoms with Gasteiger partial charge in [-0.05, 0) is 25.7 Å². The van der Waals surface area contributed by atoms with Gasteiger partial charge >= 0.3 is 0 Å². The van der Waals surface area contributed by atoms with Gasteiger partial charge in [0.05, 0.1) is 35.1 Å². The molecule has 1 aromatic heterocycles. The third-order valence-corrected chi connectivity index (χ3v) is 5.30. The van der Waals surface area contributed by atoms with E-state index < -0.39 is 0 Å². The van der Waals surface area contributed by atoms with E-state index in [9.17, 15) is 0 Å². The van der Waals surface area contributed by atoms with Crippen molar-refractivity contribution in [2.75, 3.05) is 0 Å². The Morgan fingerprint density at radius 3 is 3.00 bits per heavy atom. The van der Waals surface area contributed by atoms with E-state index in [-0.39, 0.29) is 17.3 Å². The second kappa shape index (κ2) is 4.29. The van der Waals surface area contributed by atoms with Crippen molar-refractivity contribution in [2.24, 2.45) is 5.92 Å². The maximum absolute atomic E-state index is 6.35. The molecule has 2 bridgehead atoms. The fourth-order valence-electron chi connectivity index (χ4n) is 3.30. The van der Waals surface area contributed by atoms with E-state index in [1.165, 1.54) is 6.42 Å². The average molecular weight is 267 g/mol. The Morgan fingerprint density at radius 2 is 2.39 bits per heavy atom. The highest BCUT2D eigenvalue weighted by Gasteiger charge is 2.60. The zero-order valence-corrected chi connectivity index (χ0v) is 12.1. The fraction of sp³-hybridized carbons (Fsp3) is 0.786. The lowest BCUT2D eigenvalue weighted by molar-refractivity contribution is -0.0962. The zero-order valence-electron chi connectivity index (χ0n) is 11.3. The van der Waals surface area contributed by atoms with Crippen LogP contribution in [0.25, 0.3) is 0 Å². The minimum absolute atomic E-state index is 0.0570. The maximum atomic E-state index is 6.35. The Morgan fingerprint density at radius 1 is 1.56 bits per heavy atom. The lowest BCUT2D eigenvalue weighted by atomic mass is 9.75. The molecule has 1 aromatic rings. The third kappa shape index (κ3) is 1.91. The first-order chi connectivity index (χ1) is 8.54. The highest BCUT2D eigenvalue weighted by atomic mass is 32.1. The van der Waals surface area contributed by atoms with E-state index in [1.54, 1.807) is 11.3 Å². The molecule has 2 saturated heterocycles. The first-order valence-electron chi connectivity index (χ1n) is 6.73. The summed E-state index contributed by atoms with van der Waals surface area (Å²) in [6.45, 7) is 7.33. The average Bonchev–Trinajstić information content (AvgIpc) is 2.98. The molecule has 3 unspecified atom stereocenters. The molecule has 0 saturated carbocycles. The summed E-state index contributed by atoms with van der Waals surface area (Å²) in [6.07, 6.45) is 3.55. The van der Waals surface area contributed by atoms with Crippen LogP contribution in [0.2, 0.25) is 0 Å². The summed E-state index contributed by atoms with van der Waals surface area (Å²) in [7, 11) is 0. The lowest BCUT2D eigenvalue weighted by Gasteiger charge is -2.31. The Bertz CT molecular complexity index is 419. The van der Waals surface area contributed by atoms with Crippen molar-refractivity contribution in [3.63, 3.8) is 0 Å². The molecule has 2 aliphatic rings. The van der Waals surface area contributed by atoms with Crippen molar-refractivity contribution >= 4 is 11.3 Å². The van der Waals surface area contributed by atoms with Crippen LogP contribution in [0.15, 0.2) is 10.9 Å². The summed E-state index contributed by atoms with van der Waals surface area (Å²) in [5, 5.41) is 2.05. The number of hydrogen-bond acceptors (Lipinski definition) is 4. The van der Waals surface area contributed by atoms with Gasteiger partial charge in [-0.15, -0.1) is 11.3 Å². The first-order valence-corrected chi connectivity index (χ1v) is 7.67. The van der Waals surface area contributed by atoms with Gasteiger partial charge in [-0.2, -0.15) is 0 Å². The van der Waals surface area contributed by atoms with E-state index in [2.05, 4.69) is 31.1 Å². The van der Waals surface area contributed by atoms with Crippen molar-refractivity contribution < 1.29 is 9.47 Å². The number of aromatic nitrogens is 1. The van der Waals surface area contributed by atoms with Crippen LogP contribution in [0, 0.1) is 5.92 Å². The molecule has 4 heteroatoms. The van der Waals surface area contributed by atoms with Gasteiger partial charge in [-0.3, -0.25) is 0 Å². The second-order valence-corrected chi connectivity index (χ2v) is 6.84. The third-order valence-electron chi connectivity index (χ3n) is 4.66. The van der Waals surface area contributed by atoms with Gasteiger partial charge in [0.15, 0.2) is 0 Å². The van der Waals surface area contributed by atoms with Gasteiger partial charge in [0, 0.05) is 11.8 Å². The number of ether oxygens (including phenoxy) is 2. The maximum Gasteiger partial charge on any atom is 0.0925 e. The Balaban J connectivity index is 1.68. The summed E-state index contributed by atoms with van der Waals surface area (Å²) in [6, 6.07) is 0. The molecule has 0 aliphatic carbocycles. The van der Waals surface area contributed by atoms with Crippen LogP contribution in [0.1, 0.15) is 45.7 Å². The van der Waals surface area contributed by atoms with Crippen LogP contribution >= 0.6 is 11.3 Å². The molecule has 3 heterocycles. The predicted octanol–water partition coefficient (Wildman–Crippen LogP) is 3.40. The molecule has 0 N–H and O–H groups in total. The number of fused-ring (bicyclic) bond motifs is 2. The lowest BCUT2D eigenvalue weighted by Crippen LogP contribution is -2.38. The number of hydrogen-bond donors (Lipinski definition) is 0. The Labute approximate surface area is 113 Å². The van der Waals surface area contributed by atoms with E-state index in [0.717, 1.165) is 18.5 Å². The monoisotopic (exact) mass is 267 g/mol. The summed E-state index contributed by atoms with van der Waals surface area (Å²) in [5.41, 5.74) is 2.86. The topological polar surface area (TPSA) is 31.4 Å². The summed E-state index contributed by atoms with van der Waals surface area (Å²) < 4.78 is 12.4. The molecule has 0 aromatic carbocycles. The van der Waals surface area contributed by atoms with E-state index in [1.807, 2.05) is 5.51 Å². The minimum atomic E-state index is -0.0830. The number of nitrogens with zero attached hydrogens (tertiary/aromatic N) is 1. The molecule has 0 radical (unpaired) electrons. The SMILES string of the molecule is CC(C)C12CCC(C)(O1)C(OCc1cscn1)C2. The van der Waals surface area contributed by atoms with E-state index in [4.69, 9.17) is 9.47 Å². The first kappa shape index (κ1) is 12.6. The molecule has 2 fully saturated rings. The molecule has 18 heavy (non-hydrogen) atoms. The summed E-state index contributed by atoms with van der Waals surface area (Å²) in [5.74, 6) is 0.562. The van der Waals surface area contributed by atoms with E-state index >= 15 is 0 Å². The van der Waals surface area contributed by atoms with Crippen molar-refractivity contribution in [1.29, 1.82) is 0 Å². The molecular formula is C14H21NO2S. The Kier molecular flexibility index (Phi) is 3.00. The van der Waals surface area contributed by atoms with Gasteiger partial charge in [0.1, 0.15) is 0 Å². The molecule has 0 spiro atoms. The smallest absolute Gasteiger partial charge is 0.0925 e. The highest BCUT2D eigenvalue weighted by molar-refractivity contribution is 7.07. The predicted molar refractivity (Wildman–Crippen MR) is 71.6 cm³/mol. The normalized spacial score (nSPS) is 38.8. The molecule has 100 valence electrons. The van der Waals surface area contributed by atoms with Crippen LogP contribution < -0.4 is 0 Å². The van der Waals surface area contributed by atoms with Crippen LogP contribution in [0.3, 0.4) is 0 Å². The van der Waals surface area contributed by atoms with Crippen molar-refractivity contribution in [1.82, 2.24) is 4.98 Å². The van der Waals surface area contributed by atoms with Crippen LogP contribution in [-0.4, -0.2) is 22.3 Å². The quantitative estimate of drug-likeness (QED) is 0.838. The van der Waals surface area contributed by atoms with Gasteiger partial charge in [-0.25, -0.2) is 4.98 Å². The molecular weight excluding hydrogens is 246 g/mol. The fourth-order valence-corrected chi connectivity index (χ4v) is 3.84. The minimum Gasteiger partial charge on any atom is -0.369 e. The van der Waals surface area contributed by atoms with Crippen molar-refractivity contribution in [3.05, 3.63) is 16.6 Å². The van der Waals surface area contributed by atoms with Crippen LogP contribution in [0.5, 0.6) is 0 Å². The van der Waals surface area contributed by atoms with Gasteiger partial charge in [0.2, 0.25) is 0 Å². The molecule has 3 atom stereocenters. The van der Waals surface area contributed by atoms with Gasteiger partial charge in [0.25, 0.3) is 0 Å². The van der Waals surface area contributed by atoms with E-state index in [0.29, 0.717) is 12.5 Å². The summed E-state index contributed by atoms with van der Waals surface area (Å²) >= 11 is 1.62. The van der Waals surface area contributed by atoms with Crippen LogP contribution in [-0.2, 0) is 16.1 Å². The molecule has 3 rings (SSSR count). The van der Waals surface area contributed by atoms with Crippen molar-refractivity contribution in [3.8, 4) is 0 Å². The number of thiazole rings is 1.